The second kappa shape index (κ2) is 7.93. The first kappa shape index (κ1) is 15.7. The van der Waals surface area contributed by atoms with Crippen LogP contribution in [0.5, 0.6) is 11.5 Å². The van der Waals surface area contributed by atoms with Crippen LogP contribution in [0.3, 0.4) is 0 Å². The molecule has 5 nitrogen and oxygen atoms in total. The van der Waals surface area contributed by atoms with E-state index in [0.29, 0.717) is 24.6 Å². The summed E-state index contributed by atoms with van der Waals surface area (Å²) in [5.74, 6) is 1.50. The standard InChI is InChI=1S/C17H20N2O3/c1-3-21-15-10-8-13(9-11-15)18-17(20)19-14-6-5-7-16(12-14)22-4-2/h5-12H,3-4H2,1-2H3,(H2,18,19,20). The van der Waals surface area contributed by atoms with Crippen LogP contribution in [-0.2, 0) is 0 Å². The van der Waals surface area contributed by atoms with Crippen LogP contribution >= 0.6 is 0 Å². The molecular formula is C17H20N2O3. The zero-order valence-electron chi connectivity index (χ0n) is 12.8. The van der Waals surface area contributed by atoms with E-state index in [1.165, 1.54) is 0 Å². The van der Waals surface area contributed by atoms with Gasteiger partial charge in [-0.25, -0.2) is 4.79 Å². The highest BCUT2D eigenvalue weighted by atomic mass is 16.5. The molecular weight excluding hydrogens is 280 g/mol. The van der Waals surface area contributed by atoms with Crippen LogP contribution in [0.15, 0.2) is 48.5 Å². The summed E-state index contributed by atoms with van der Waals surface area (Å²) in [5.41, 5.74) is 1.37. The number of carbonyl (C=O) groups is 1. The third kappa shape index (κ3) is 4.70. The number of urea groups is 1. The maximum atomic E-state index is 12.0. The van der Waals surface area contributed by atoms with Gasteiger partial charge in [0.1, 0.15) is 11.5 Å². The van der Waals surface area contributed by atoms with Gasteiger partial charge < -0.3 is 20.1 Å². The van der Waals surface area contributed by atoms with E-state index in [1.807, 2.05) is 38.1 Å². The van der Waals surface area contributed by atoms with Crippen molar-refractivity contribution in [1.29, 1.82) is 0 Å². The summed E-state index contributed by atoms with van der Waals surface area (Å²) in [4.78, 5) is 12.0. The van der Waals surface area contributed by atoms with Crippen LogP contribution in [0.25, 0.3) is 0 Å². The second-order valence-electron chi connectivity index (χ2n) is 4.50. The van der Waals surface area contributed by atoms with Crippen LogP contribution in [0.4, 0.5) is 16.2 Å². The molecule has 5 heteroatoms. The summed E-state index contributed by atoms with van der Waals surface area (Å²) >= 11 is 0. The Bertz CT molecular complexity index is 612. The van der Waals surface area contributed by atoms with Gasteiger partial charge in [-0.15, -0.1) is 0 Å². The predicted octanol–water partition coefficient (Wildman–Crippen LogP) is 4.13. The van der Waals surface area contributed by atoms with Gasteiger partial charge in [0, 0.05) is 17.4 Å². The normalized spacial score (nSPS) is 9.91. The van der Waals surface area contributed by atoms with Gasteiger partial charge in [-0.3, -0.25) is 0 Å². The van der Waals surface area contributed by atoms with E-state index < -0.39 is 0 Å². The molecule has 0 saturated carbocycles. The summed E-state index contributed by atoms with van der Waals surface area (Å²) in [6, 6.07) is 14.2. The van der Waals surface area contributed by atoms with Crippen LogP contribution in [-0.4, -0.2) is 19.2 Å². The van der Waals surface area contributed by atoms with Crippen molar-refractivity contribution >= 4 is 17.4 Å². The molecule has 116 valence electrons. The van der Waals surface area contributed by atoms with E-state index in [4.69, 9.17) is 9.47 Å². The highest BCUT2D eigenvalue weighted by Crippen LogP contribution is 2.18. The quantitative estimate of drug-likeness (QED) is 0.843. The van der Waals surface area contributed by atoms with Gasteiger partial charge in [-0.1, -0.05) is 6.07 Å². The van der Waals surface area contributed by atoms with Gasteiger partial charge in [-0.05, 0) is 50.2 Å². The molecule has 0 aliphatic carbocycles. The summed E-state index contributed by atoms with van der Waals surface area (Å²) in [5, 5.41) is 5.53. The lowest BCUT2D eigenvalue weighted by Gasteiger charge is -2.10. The maximum absolute atomic E-state index is 12.0. The second-order valence-corrected chi connectivity index (χ2v) is 4.50. The number of benzene rings is 2. The molecule has 0 heterocycles. The fourth-order valence-corrected chi connectivity index (χ4v) is 1.92. The summed E-state index contributed by atoms with van der Waals surface area (Å²) < 4.78 is 10.8. The molecule has 0 unspecified atom stereocenters. The van der Waals surface area contributed by atoms with E-state index in [1.54, 1.807) is 24.3 Å². The highest BCUT2D eigenvalue weighted by Gasteiger charge is 2.04. The summed E-state index contributed by atoms with van der Waals surface area (Å²) in [6.45, 7) is 5.04. The van der Waals surface area contributed by atoms with Crippen molar-refractivity contribution in [1.82, 2.24) is 0 Å². The Morgan fingerprint density at radius 3 is 2.18 bits per heavy atom. The van der Waals surface area contributed by atoms with Gasteiger partial charge in [-0.2, -0.15) is 0 Å². The summed E-state index contributed by atoms with van der Waals surface area (Å²) in [6.07, 6.45) is 0. The van der Waals surface area contributed by atoms with Gasteiger partial charge in [0.2, 0.25) is 0 Å². The molecule has 22 heavy (non-hydrogen) atoms. The predicted molar refractivity (Wildman–Crippen MR) is 87.9 cm³/mol. The molecule has 0 aliphatic heterocycles. The lowest BCUT2D eigenvalue weighted by molar-refractivity contribution is 0.262. The zero-order valence-corrected chi connectivity index (χ0v) is 12.8. The zero-order chi connectivity index (χ0) is 15.8. The van der Waals surface area contributed by atoms with Crippen LogP contribution < -0.4 is 20.1 Å². The van der Waals surface area contributed by atoms with Crippen molar-refractivity contribution in [2.75, 3.05) is 23.8 Å². The van der Waals surface area contributed by atoms with Gasteiger partial charge in [0.15, 0.2) is 0 Å². The molecule has 0 atom stereocenters. The Kier molecular flexibility index (Phi) is 5.65. The van der Waals surface area contributed by atoms with E-state index in [0.717, 1.165) is 11.5 Å². The van der Waals surface area contributed by atoms with Gasteiger partial charge in [0.05, 0.1) is 13.2 Å². The fraction of sp³-hybridized carbons (Fsp3) is 0.235. The summed E-state index contributed by atoms with van der Waals surface area (Å²) in [7, 11) is 0. The Morgan fingerprint density at radius 1 is 0.864 bits per heavy atom. The van der Waals surface area contributed by atoms with Crippen molar-refractivity contribution in [3.63, 3.8) is 0 Å². The molecule has 0 saturated heterocycles. The largest absolute Gasteiger partial charge is 0.494 e. The SMILES string of the molecule is CCOc1ccc(NC(=O)Nc2cccc(OCC)c2)cc1. The molecule has 2 rings (SSSR count). The number of carbonyl (C=O) groups excluding carboxylic acids is 1. The fourth-order valence-electron chi connectivity index (χ4n) is 1.92. The minimum atomic E-state index is -0.308. The van der Waals surface area contributed by atoms with Crippen LogP contribution in [0.1, 0.15) is 13.8 Å². The van der Waals surface area contributed by atoms with Crippen molar-refractivity contribution in [3.8, 4) is 11.5 Å². The minimum Gasteiger partial charge on any atom is -0.494 e. The first-order valence-corrected chi connectivity index (χ1v) is 7.25. The van der Waals surface area contributed by atoms with Crippen LogP contribution in [0.2, 0.25) is 0 Å². The number of ether oxygens (including phenoxy) is 2. The average molecular weight is 300 g/mol. The Hall–Kier alpha value is -2.69. The Morgan fingerprint density at radius 2 is 1.50 bits per heavy atom. The van der Waals surface area contributed by atoms with E-state index in [9.17, 15) is 4.79 Å². The Labute approximate surface area is 130 Å². The molecule has 0 aliphatic rings. The first-order chi connectivity index (χ1) is 10.7. The van der Waals surface area contributed by atoms with Crippen molar-refractivity contribution < 1.29 is 14.3 Å². The van der Waals surface area contributed by atoms with Crippen molar-refractivity contribution in [2.45, 2.75) is 13.8 Å². The smallest absolute Gasteiger partial charge is 0.323 e. The maximum Gasteiger partial charge on any atom is 0.323 e. The highest BCUT2D eigenvalue weighted by molar-refractivity contribution is 5.99. The third-order valence-electron chi connectivity index (χ3n) is 2.83. The van der Waals surface area contributed by atoms with Crippen molar-refractivity contribution in [3.05, 3.63) is 48.5 Å². The topological polar surface area (TPSA) is 59.6 Å². The molecule has 0 spiro atoms. The number of nitrogens with one attached hydrogen (secondary N) is 2. The average Bonchev–Trinajstić information content (AvgIpc) is 2.50. The van der Waals surface area contributed by atoms with E-state index >= 15 is 0 Å². The monoisotopic (exact) mass is 300 g/mol. The lowest BCUT2D eigenvalue weighted by Crippen LogP contribution is -2.19. The Balaban J connectivity index is 1.93. The molecule has 2 aromatic carbocycles. The van der Waals surface area contributed by atoms with Crippen molar-refractivity contribution in [2.24, 2.45) is 0 Å². The molecule has 0 aromatic heterocycles. The number of amides is 2. The van der Waals surface area contributed by atoms with Gasteiger partial charge in [0.25, 0.3) is 0 Å². The number of hydrogen-bond acceptors (Lipinski definition) is 3. The minimum absolute atomic E-state index is 0.308. The molecule has 2 amide bonds. The number of hydrogen-bond donors (Lipinski definition) is 2. The first-order valence-electron chi connectivity index (χ1n) is 7.25. The number of anilines is 2. The number of rotatable bonds is 6. The van der Waals surface area contributed by atoms with E-state index in [-0.39, 0.29) is 6.03 Å². The molecule has 2 N–H and O–H groups in total. The molecule has 0 bridgehead atoms. The third-order valence-corrected chi connectivity index (χ3v) is 2.83. The van der Waals surface area contributed by atoms with Gasteiger partial charge >= 0.3 is 6.03 Å². The molecule has 2 aromatic rings. The molecule has 0 radical (unpaired) electrons. The molecule has 0 fully saturated rings. The van der Waals surface area contributed by atoms with E-state index in [2.05, 4.69) is 10.6 Å². The lowest BCUT2D eigenvalue weighted by atomic mass is 10.3. The van der Waals surface area contributed by atoms with Crippen LogP contribution in [0, 0.1) is 0 Å².